The van der Waals surface area contributed by atoms with E-state index in [9.17, 15) is 4.79 Å². The van der Waals surface area contributed by atoms with Gasteiger partial charge in [-0.25, -0.2) is 0 Å². The van der Waals surface area contributed by atoms with Gasteiger partial charge in [-0.2, -0.15) is 4.98 Å². The first-order valence-electron chi connectivity index (χ1n) is 9.74. The number of amides is 1. The van der Waals surface area contributed by atoms with Crippen molar-refractivity contribution in [2.45, 2.75) is 77.6 Å². The quantitative estimate of drug-likeness (QED) is 0.817. The summed E-state index contributed by atoms with van der Waals surface area (Å²) in [5, 5.41) is 10.6. The first-order valence-corrected chi connectivity index (χ1v) is 9.74. The number of carbonyl (C=O) groups is 1. The monoisotopic (exact) mass is 386 g/mol. The average molecular weight is 386 g/mol. The largest absolute Gasteiger partial charge is 0.491 e. The molecular weight excluding hydrogens is 356 g/mol. The summed E-state index contributed by atoms with van der Waals surface area (Å²) in [5.74, 6) is 0.798. The van der Waals surface area contributed by atoms with E-state index in [2.05, 4.69) is 48.5 Å². The van der Waals surface area contributed by atoms with Crippen LogP contribution in [0.15, 0.2) is 28.8 Å². The van der Waals surface area contributed by atoms with Crippen LogP contribution in [0.25, 0.3) is 11.4 Å². The molecule has 3 rings (SSSR count). The van der Waals surface area contributed by atoms with Gasteiger partial charge in [-0.05, 0) is 78.6 Å². The highest BCUT2D eigenvalue weighted by molar-refractivity contribution is 5.90. The van der Waals surface area contributed by atoms with Gasteiger partial charge in [-0.1, -0.05) is 5.16 Å². The number of ether oxygens (including phenoxy) is 1. The molecule has 1 amide bonds. The number of benzene rings is 1. The topological polar surface area (TPSA) is 89.3 Å². The minimum atomic E-state index is -0.336. The maximum Gasteiger partial charge on any atom is 0.316 e. The molecule has 0 spiro atoms. The predicted octanol–water partition coefficient (Wildman–Crippen LogP) is 3.56. The molecule has 1 aromatic carbocycles. The molecule has 1 fully saturated rings. The number of hydrogen-bond acceptors (Lipinski definition) is 6. The van der Waals surface area contributed by atoms with Gasteiger partial charge in [0.1, 0.15) is 5.75 Å². The van der Waals surface area contributed by atoms with E-state index in [0.717, 1.165) is 24.2 Å². The Bertz CT molecular complexity index is 808. The second-order valence-electron chi connectivity index (χ2n) is 9.09. The van der Waals surface area contributed by atoms with Gasteiger partial charge in [0.25, 0.3) is 0 Å². The molecule has 1 aliphatic heterocycles. The van der Waals surface area contributed by atoms with Crippen LogP contribution >= 0.6 is 0 Å². The van der Waals surface area contributed by atoms with Crippen molar-refractivity contribution in [1.29, 1.82) is 0 Å². The molecule has 0 unspecified atom stereocenters. The lowest BCUT2D eigenvalue weighted by Crippen LogP contribution is -2.62. The van der Waals surface area contributed by atoms with Crippen LogP contribution < -0.4 is 15.4 Å². The van der Waals surface area contributed by atoms with Gasteiger partial charge in [0, 0.05) is 22.7 Å². The van der Waals surface area contributed by atoms with Crippen molar-refractivity contribution in [2.24, 2.45) is 0 Å². The third kappa shape index (κ3) is 5.10. The third-order valence-corrected chi connectivity index (χ3v) is 4.63. The van der Waals surface area contributed by atoms with Crippen LogP contribution in [0.1, 0.15) is 65.1 Å². The highest BCUT2D eigenvalue weighted by atomic mass is 16.5. The van der Waals surface area contributed by atoms with Gasteiger partial charge in [0.2, 0.25) is 5.82 Å². The summed E-state index contributed by atoms with van der Waals surface area (Å²) in [6.07, 6.45) is 1.78. The van der Waals surface area contributed by atoms with Gasteiger partial charge in [-0.3, -0.25) is 4.79 Å². The molecule has 1 saturated heterocycles. The highest BCUT2D eigenvalue weighted by Gasteiger charge is 2.38. The maximum atomic E-state index is 12.6. The number of nitrogens with zero attached hydrogens (tertiary/aromatic N) is 2. The standard InChI is InChI=1S/C21H30N4O3/c1-13(2)27-16-9-7-14(8-10-16)17-23-19(28-24-17)18(26)22-15-11-20(3,4)25-21(5,6)12-15/h7-10,13,15,25H,11-12H2,1-6H3,(H,22,26). The Hall–Kier alpha value is -2.41. The zero-order chi connectivity index (χ0) is 20.5. The summed E-state index contributed by atoms with van der Waals surface area (Å²) in [7, 11) is 0. The molecule has 2 N–H and O–H groups in total. The zero-order valence-corrected chi connectivity index (χ0v) is 17.5. The van der Waals surface area contributed by atoms with Crippen LogP contribution in [0.4, 0.5) is 0 Å². The summed E-state index contributed by atoms with van der Waals surface area (Å²) in [6, 6.07) is 7.45. The molecule has 7 heteroatoms. The van der Waals surface area contributed by atoms with E-state index in [1.807, 2.05) is 38.1 Å². The fourth-order valence-corrected chi connectivity index (χ4v) is 4.06. The molecule has 0 aliphatic carbocycles. The smallest absolute Gasteiger partial charge is 0.316 e. The Balaban J connectivity index is 1.67. The molecular formula is C21H30N4O3. The van der Waals surface area contributed by atoms with E-state index in [-0.39, 0.29) is 35.0 Å². The molecule has 2 heterocycles. The molecule has 2 aromatic rings. The Morgan fingerprint density at radius 2 is 1.79 bits per heavy atom. The summed E-state index contributed by atoms with van der Waals surface area (Å²) < 4.78 is 10.8. The fraction of sp³-hybridized carbons (Fsp3) is 0.571. The minimum Gasteiger partial charge on any atom is -0.491 e. The van der Waals surface area contributed by atoms with E-state index < -0.39 is 0 Å². The molecule has 0 atom stereocenters. The van der Waals surface area contributed by atoms with Crippen molar-refractivity contribution >= 4 is 5.91 Å². The molecule has 28 heavy (non-hydrogen) atoms. The Morgan fingerprint density at radius 3 is 2.36 bits per heavy atom. The minimum absolute atomic E-state index is 0.0216. The molecule has 0 bridgehead atoms. The highest BCUT2D eigenvalue weighted by Crippen LogP contribution is 2.28. The number of piperidine rings is 1. The van der Waals surface area contributed by atoms with Gasteiger partial charge >= 0.3 is 11.8 Å². The fourth-order valence-electron chi connectivity index (χ4n) is 4.06. The van der Waals surface area contributed by atoms with Gasteiger partial charge in [0.05, 0.1) is 6.10 Å². The lowest BCUT2D eigenvalue weighted by Gasteiger charge is -2.46. The van der Waals surface area contributed by atoms with Crippen molar-refractivity contribution in [1.82, 2.24) is 20.8 Å². The first-order chi connectivity index (χ1) is 13.0. The van der Waals surface area contributed by atoms with Crippen molar-refractivity contribution in [3.05, 3.63) is 30.2 Å². The van der Waals surface area contributed by atoms with Crippen molar-refractivity contribution in [3.8, 4) is 17.1 Å². The van der Waals surface area contributed by atoms with Crippen LogP contribution in [-0.4, -0.2) is 39.3 Å². The summed E-state index contributed by atoms with van der Waals surface area (Å²) in [6.45, 7) is 12.5. The molecule has 0 radical (unpaired) electrons. The Morgan fingerprint density at radius 1 is 1.18 bits per heavy atom. The van der Waals surface area contributed by atoms with E-state index >= 15 is 0 Å². The van der Waals surface area contributed by atoms with Crippen LogP contribution in [0, 0.1) is 0 Å². The van der Waals surface area contributed by atoms with Crippen LogP contribution in [0.3, 0.4) is 0 Å². The SMILES string of the molecule is CC(C)Oc1ccc(-c2noc(C(=O)NC3CC(C)(C)NC(C)(C)C3)n2)cc1. The predicted molar refractivity (Wildman–Crippen MR) is 107 cm³/mol. The molecule has 7 nitrogen and oxygen atoms in total. The van der Waals surface area contributed by atoms with E-state index in [4.69, 9.17) is 9.26 Å². The van der Waals surface area contributed by atoms with Gasteiger partial charge < -0.3 is 19.9 Å². The lowest BCUT2D eigenvalue weighted by molar-refractivity contribution is 0.0830. The number of nitrogens with one attached hydrogen (secondary N) is 2. The number of hydrogen-bond donors (Lipinski definition) is 2. The van der Waals surface area contributed by atoms with Gasteiger partial charge in [-0.15, -0.1) is 0 Å². The molecule has 0 saturated carbocycles. The summed E-state index contributed by atoms with van der Waals surface area (Å²) in [5.41, 5.74) is 0.655. The average Bonchev–Trinajstić information content (AvgIpc) is 3.02. The molecule has 1 aromatic heterocycles. The summed E-state index contributed by atoms with van der Waals surface area (Å²) in [4.78, 5) is 16.9. The Kier molecular flexibility index (Phi) is 5.48. The van der Waals surface area contributed by atoms with Crippen molar-refractivity contribution < 1.29 is 14.1 Å². The number of carbonyl (C=O) groups excluding carboxylic acids is 1. The maximum absolute atomic E-state index is 12.6. The zero-order valence-electron chi connectivity index (χ0n) is 17.5. The van der Waals surface area contributed by atoms with E-state index in [1.54, 1.807) is 0 Å². The molecule has 1 aliphatic rings. The summed E-state index contributed by atoms with van der Waals surface area (Å²) >= 11 is 0. The number of aromatic nitrogens is 2. The Labute approximate surface area is 166 Å². The molecule has 152 valence electrons. The van der Waals surface area contributed by atoms with E-state index in [0.29, 0.717) is 5.82 Å². The van der Waals surface area contributed by atoms with Gasteiger partial charge in [0.15, 0.2) is 0 Å². The van der Waals surface area contributed by atoms with Crippen LogP contribution in [0.5, 0.6) is 5.75 Å². The van der Waals surface area contributed by atoms with Crippen molar-refractivity contribution in [2.75, 3.05) is 0 Å². The second kappa shape index (κ2) is 7.54. The van der Waals surface area contributed by atoms with E-state index in [1.165, 1.54) is 0 Å². The second-order valence-corrected chi connectivity index (χ2v) is 9.09. The van der Waals surface area contributed by atoms with Crippen LogP contribution in [0.2, 0.25) is 0 Å². The lowest BCUT2D eigenvalue weighted by atomic mass is 9.79. The first kappa shape index (κ1) is 20.3. The normalized spacial score (nSPS) is 18.8. The third-order valence-electron chi connectivity index (χ3n) is 4.63. The number of rotatable bonds is 5. The van der Waals surface area contributed by atoms with Crippen LogP contribution in [-0.2, 0) is 0 Å². The van der Waals surface area contributed by atoms with Crippen molar-refractivity contribution in [3.63, 3.8) is 0 Å².